The van der Waals surface area contributed by atoms with Crippen molar-refractivity contribution in [2.75, 3.05) is 0 Å². The highest BCUT2D eigenvalue weighted by molar-refractivity contribution is 6.35. The standard InChI is InChI=1S/C19H15Cl2N3O4/c20-13-5-6-15(21)14(9-13)19(28)23-22-18(27)12-3-1-11(2-4-12)10-24-16(25)7-8-17(24)26/h1-6,9H,7-8,10H2,(H,22,27)(H,23,28). The summed E-state index contributed by atoms with van der Waals surface area (Å²) in [5.74, 6) is -1.54. The Morgan fingerprint density at radius 2 is 1.50 bits per heavy atom. The fourth-order valence-corrected chi connectivity index (χ4v) is 3.04. The third-order valence-electron chi connectivity index (χ3n) is 4.17. The molecule has 4 amide bonds. The van der Waals surface area contributed by atoms with Gasteiger partial charge in [0.15, 0.2) is 0 Å². The fraction of sp³-hybridized carbons (Fsp3) is 0.158. The van der Waals surface area contributed by atoms with Gasteiger partial charge in [-0.1, -0.05) is 35.3 Å². The number of rotatable bonds is 4. The molecule has 3 rings (SSSR count). The molecule has 7 nitrogen and oxygen atoms in total. The van der Waals surface area contributed by atoms with Crippen LogP contribution in [0.2, 0.25) is 10.0 Å². The maximum Gasteiger partial charge on any atom is 0.271 e. The van der Waals surface area contributed by atoms with Crippen molar-refractivity contribution in [1.82, 2.24) is 15.8 Å². The first-order valence-corrected chi connectivity index (χ1v) is 9.08. The summed E-state index contributed by atoms with van der Waals surface area (Å²) in [6.07, 6.45) is 0.464. The molecule has 2 N–H and O–H groups in total. The van der Waals surface area contributed by atoms with Crippen LogP contribution >= 0.6 is 23.2 Å². The SMILES string of the molecule is O=C(NNC(=O)c1cc(Cl)ccc1Cl)c1ccc(CN2C(=O)CCC2=O)cc1. The molecule has 1 saturated heterocycles. The number of nitrogens with zero attached hydrogens (tertiary/aromatic N) is 1. The number of halogens is 2. The molecule has 1 heterocycles. The number of imide groups is 1. The highest BCUT2D eigenvalue weighted by atomic mass is 35.5. The molecule has 0 aromatic heterocycles. The molecule has 0 atom stereocenters. The lowest BCUT2D eigenvalue weighted by Crippen LogP contribution is -2.41. The predicted molar refractivity (Wildman–Crippen MR) is 103 cm³/mol. The summed E-state index contributed by atoms with van der Waals surface area (Å²) in [5, 5.41) is 0.540. The molecule has 1 aliphatic rings. The van der Waals surface area contributed by atoms with Crippen LogP contribution in [0.25, 0.3) is 0 Å². The minimum atomic E-state index is -0.608. The molecule has 2 aromatic rings. The zero-order valence-electron chi connectivity index (χ0n) is 14.5. The molecule has 0 spiro atoms. The Kier molecular flexibility index (Phi) is 5.96. The normalized spacial score (nSPS) is 13.6. The van der Waals surface area contributed by atoms with E-state index < -0.39 is 11.8 Å². The lowest BCUT2D eigenvalue weighted by Gasteiger charge is -2.14. The molecule has 0 unspecified atom stereocenters. The number of likely N-dealkylation sites (tertiary alicyclic amines) is 1. The van der Waals surface area contributed by atoms with Crippen LogP contribution in [-0.2, 0) is 16.1 Å². The molecule has 144 valence electrons. The van der Waals surface area contributed by atoms with E-state index in [4.69, 9.17) is 23.2 Å². The van der Waals surface area contributed by atoms with Gasteiger partial charge in [0, 0.05) is 23.4 Å². The first kappa shape index (κ1) is 19.9. The van der Waals surface area contributed by atoms with Crippen LogP contribution in [0.15, 0.2) is 42.5 Å². The summed E-state index contributed by atoms with van der Waals surface area (Å²) < 4.78 is 0. The number of hydrogen-bond donors (Lipinski definition) is 2. The van der Waals surface area contributed by atoms with E-state index in [1.807, 2.05) is 0 Å². The van der Waals surface area contributed by atoms with Crippen molar-refractivity contribution < 1.29 is 19.2 Å². The van der Waals surface area contributed by atoms with E-state index in [0.717, 1.165) is 5.56 Å². The van der Waals surface area contributed by atoms with Crippen LogP contribution in [-0.4, -0.2) is 28.5 Å². The van der Waals surface area contributed by atoms with Gasteiger partial charge < -0.3 is 0 Å². The number of carbonyl (C=O) groups is 4. The minimum Gasteiger partial charge on any atom is -0.278 e. The van der Waals surface area contributed by atoms with Crippen molar-refractivity contribution in [3.05, 3.63) is 69.2 Å². The zero-order chi connectivity index (χ0) is 20.3. The third-order valence-corrected chi connectivity index (χ3v) is 4.74. The smallest absolute Gasteiger partial charge is 0.271 e. The lowest BCUT2D eigenvalue weighted by molar-refractivity contribution is -0.139. The van der Waals surface area contributed by atoms with Gasteiger partial charge >= 0.3 is 0 Å². The molecule has 2 aromatic carbocycles. The lowest BCUT2D eigenvalue weighted by atomic mass is 10.1. The minimum absolute atomic E-state index is 0.129. The largest absolute Gasteiger partial charge is 0.278 e. The summed E-state index contributed by atoms with van der Waals surface area (Å²) in [7, 11) is 0. The highest BCUT2D eigenvalue weighted by Crippen LogP contribution is 2.20. The van der Waals surface area contributed by atoms with Gasteiger partial charge in [0.2, 0.25) is 11.8 Å². The summed E-state index contributed by atoms with van der Waals surface area (Å²) in [6, 6.07) is 10.8. The molecular formula is C19H15Cl2N3O4. The molecule has 0 saturated carbocycles. The Morgan fingerprint density at radius 3 is 2.14 bits per heavy atom. The Morgan fingerprint density at radius 1 is 0.893 bits per heavy atom. The van der Waals surface area contributed by atoms with Gasteiger partial charge in [-0.3, -0.25) is 34.9 Å². The van der Waals surface area contributed by atoms with E-state index in [9.17, 15) is 19.2 Å². The van der Waals surface area contributed by atoms with Crippen LogP contribution in [0.3, 0.4) is 0 Å². The first-order valence-electron chi connectivity index (χ1n) is 8.33. The van der Waals surface area contributed by atoms with Crippen molar-refractivity contribution in [2.45, 2.75) is 19.4 Å². The number of amides is 4. The second kappa shape index (κ2) is 8.41. The maximum absolute atomic E-state index is 12.2. The van der Waals surface area contributed by atoms with E-state index in [-0.39, 0.29) is 41.8 Å². The van der Waals surface area contributed by atoms with E-state index in [1.54, 1.807) is 18.2 Å². The summed E-state index contributed by atoms with van der Waals surface area (Å²) in [4.78, 5) is 48.8. The van der Waals surface area contributed by atoms with Gasteiger partial charge in [0.25, 0.3) is 11.8 Å². The highest BCUT2D eigenvalue weighted by Gasteiger charge is 2.28. The summed E-state index contributed by atoms with van der Waals surface area (Å²) in [6.45, 7) is 0.170. The number of carbonyl (C=O) groups excluding carboxylic acids is 4. The molecular weight excluding hydrogens is 405 g/mol. The van der Waals surface area contributed by atoms with Gasteiger partial charge in [-0.15, -0.1) is 0 Å². The van der Waals surface area contributed by atoms with Gasteiger partial charge in [-0.05, 0) is 35.9 Å². The van der Waals surface area contributed by atoms with Gasteiger partial charge in [-0.2, -0.15) is 0 Å². The fourth-order valence-electron chi connectivity index (χ4n) is 2.67. The average molecular weight is 420 g/mol. The Labute approximate surface area is 170 Å². The van der Waals surface area contributed by atoms with E-state index in [0.29, 0.717) is 10.6 Å². The second-order valence-corrected chi connectivity index (χ2v) is 6.95. The molecule has 1 fully saturated rings. The number of nitrogens with one attached hydrogen (secondary N) is 2. The second-order valence-electron chi connectivity index (χ2n) is 6.10. The van der Waals surface area contributed by atoms with Crippen molar-refractivity contribution in [1.29, 1.82) is 0 Å². The van der Waals surface area contributed by atoms with Gasteiger partial charge in [0.05, 0.1) is 17.1 Å². The molecule has 0 bridgehead atoms. The first-order chi connectivity index (χ1) is 13.3. The average Bonchev–Trinajstić information content (AvgIpc) is 3.00. The van der Waals surface area contributed by atoms with Crippen LogP contribution < -0.4 is 10.9 Å². The topological polar surface area (TPSA) is 95.6 Å². The molecule has 9 heteroatoms. The Bertz CT molecular complexity index is 944. The van der Waals surface area contributed by atoms with Crippen molar-refractivity contribution >= 4 is 46.8 Å². The maximum atomic E-state index is 12.2. The van der Waals surface area contributed by atoms with E-state index in [2.05, 4.69) is 10.9 Å². The Hall–Kier alpha value is -2.90. The monoisotopic (exact) mass is 419 g/mol. The molecule has 0 aliphatic carbocycles. The van der Waals surface area contributed by atoms with Gasteiger partial charge in [-0.25, -0.2) is 0 Å². The van der Waals surface area contributed by atoms with Crippen LogP contribution in [0, 0.1) is 0 Å². The Balaban J connectivity index is 1.59. The quantitative estimate of drug-likeness (QED) is 0.588. The van der Waals surface area contributed by atoms with Crippen molar-refractivity contribution in [2.24, 2.45) is 0 Å². The van der Waals surface area contributed by atoms with E-state index in [1.165, 1.54) is 29.2 Å². The number of hydrazine groups is 1. The molecule has 1 aliphatic heterocycles. The summed E-state index contributed by atoms with van der Waals surface area (Å²) in [5.41, 5.74) is 5.70. The van der Waals surface area contributed by atoms with Crippen LogP contribution in [0.4, 0.5) is 0 Å². The predicted octanol–water partition coefficient (Wildman–Crippen LogP) is 2.72. The summed E-state index contributed by atoms with van der Waals surface area (Å²) >= 11 is 11.8. The molecule has 0 radical (unpaired) electrons. The van der Waals surface area contributed by atoms with Crippen molar-refractivity contribution in [3.63, 3.8) is 0 Å². The van der Waals surface area contributed by atoms with E-state index >= 15 is 0 Å². The van der Waals surface area contributed by atoms with Crippen LogP contribution in [0.1, 0.15) is 39.1 Å². The third kappa shape index (κ3) is 4.49. The number of benzene rings is 2. The number of hydrogen-bond acceptors (Lipinski definition) is 4. The zero-order valence-corrected chi connectivity index (χ0v) is 16.0. The molecule has 28 heavy (non-hydrogen) atoms. The van der Waals surface area contributed by atoms with Gasteiger partial charge in [0.1, 0.15) is 0 Å². The van der Waals surface area contributed by atoms with Crippen molar-refractivity contribution in [3.8, 4) is 0 Å². The van der Waals surface area contributed by atoms with Crippen LogP contribution in [0.5, 0.6) is 0 Å².